The minimum Gasteiger partial charge on any atom is -0.493 e. The first kappa shape index (κ1) is 16.4. The molecule has 1 N–H and O–H groups in total. The number of carbonyl (C=O) groups excluding carboxylic acids is 2. The van der Waals surface area contributed by atoms with Gasteiger partial charge in [0.15, 0.2) is 17.2 Å². The third-order valence-electron chi connectivity index (χ3n) is 3.69. The van der Waals surface area contributed by atoms with Crippen molar-refractivity contribution >= 4 is 17.4 Å². The van der Waals surface area contributed by atoms with Crippen molar-refractivity contribution in [2.45, 2.75) is 6.92 Å². The molecular formula is C19H17N3O3. The third-order valence-corrected chi connectivity index (χ3v) is 3.69. The minimum atomic E-state index is -0.444. The van der Waals surface area contributed by atoms with Crippen LogP contribution in [0, 0.1) is 0 Å². The molecule has 3 aromatic rings. The van der Waals surface area contributed by atoms with Crippen LogP contribution in [0.3, 0.4) is 0 Å². The molecule has 1 amide bonds. The van der Waals surface area contributed by atoms with Gasteiger partial charge in [-0.3, -0.25) is 9.59 Å². The van der Waals surface area contributed by atoms with Gasteiger partial charge >= 0.3 is 0 Å². The van der Waals surface area contributed by atoms with E-state index < -0.39 is 5.91 Å². The average Bonchev–Trinajstić information content (AvgIpc) is 3.07. The number of hydrogen-bond donors (Lipinski definition) is 1. The van der Waals surface area contributed by atoms with Crippen LogP contribution >= 0.6 is 0 Å². The van der Waals surface area contributed by atoms with Gasteiger partial charge in [0.25, 0.3) is 5.91 Å². The lowest BCUT2D eigenvalue weighted by molar-refractivity contribution is 0.101. The minimum absolute atomic E-state index is 0.127. The Morgan fingerprint density at radius 1 is 1.04 bits per heavy atom. The van der Waals surface area contributed by atoms with Gasteiger partial charge in [-0.2, -0.15) is 5.10 Å². The van der Waals surface area contributed by atoms with E-state index in [9.17, 15) is 9.59 Å². The highest BCUT2D eigenvalue weighted by atomic mass is 16.5. The molecule has 0 unspecified atom stereocenters. The summed E-state index contributed by atoms with van der Waals surface area (Å²) in [6.07, 6.45) is 1.64. The maximum absolute atomic E-state index is 12.6. The van der Waals surface area contributed by atoms with Gasteiger partial charge < -0.3 is 10.1 Å². The van der Waals surface area contributed by atoms with E-state index >= 15 is 0 Å². The summed E-state index contributed by atoms with van der Waals surface area (Å²) in [4.78, 5) is 24.3. The fraction of sp³-hybridized carbons (Fsp3) is 0.105. The first-order valence-corrected chi connectivity index (χ1v) is 7.70. The number of methoxy groups -OCH3 is 1. The number of amides is 1. The molecule has 6 nitrogen and oxygen atoms in total. The highest BCUT2D eigenvalue weighted by molar-refractivity contribution is 6.09. The number of para-hydroxylation sites is 2. The summed E-state index contributed by atoms with van der Waals surface area (Å²) in [6.45, 7) is 1.45. The Kier molecular flexibility index (Phi) is 4.61. The van der Waals surface area contributed by atoms with E-state index in [4.69, 9.17) is 4.74 Å². The standard InChI is InChI=1S/C19H17N3O3/c1-13(23)15-10-6-7-11-16(15)20-19(24)18-17(25-2)12-22(21-18)14-8-4-3-5-9-14/h3-12H,1-2H3,(H,20,24). The van der Waals surface area contributed by atoms with Crippen molar-refractivity contribution in [2.75, 3.05) is 12.4 Å². The van der Waals surface area contributed by atoms with Crippen LogP contribution < -0.4 is 10.1 Å². The second kappa shape index (κ2) is 7.00. The second-order valence-corrected chi connectivity index (χ2v) is 5.38. The molecule has 3 rings (SSSR count). The van der Waals surface area contributed by atoms with Crippen LogP contribution in [0.15, 0.2) is 60.8 Å². The van der Waals surface area contributed by atoms with Crippen LogP contribution in [0.4, 0.5) is 5.69 Å². The van der Waals surface area contributed by atoms with Gasteiger partial charge in [-0.15, -0.1) is 0 Å². The van der Waals surface area contributed by atoms with E-state index in [-0.39, 0.29) is 11.5 Å². The number of ketones is 1. The molecule has 0 bridgehead atoms. The Labute approximate surface area is 145 Å². The Bertz CT molecular complexity index is 917. The summed E-state index contributed by atoms with van der Waals surface area (Å²) in [5.41, 5.74) is 1.84. The molecule has 0 aliphatic heterocycles. The Balaban J connectivity index is 1.93. The molecule has 0 atom stereocenters. The van der Waals surface area contributed by atoms with Gasteiger partial charge in [0.05, 0.1) is 24.7 Å². The maximum Gasteiger partial charge on any atom is 0.280 e. The SMILES string of the molecule is COc1cn(-c2ccccc2)nc1C(=O)Nc1ccccc1C(C)=O. The van der Waals surface area contributed by atoms with E-state index in [0.717, 1.165) is 5.69 Å². The number of nitrogens with one attached hydrogen (secondary N) is 1. The predicted octanol–water partition coefficient (Wildman–Crippen LogP) is 3.34. The van der Waals surface area contributed by atoms with E-state index in [2.05, 4.69) is 10.4 Å². The van der Waals surface area contributed by atoms with Crippen molar-refractivity contribution in [1.29, 1.82) is 0 Å². The molecule has 0 saturated carbocycles. The number of ether oxygens (including phenoxy) is 1. The molecule has 0 radical (unpaired) electrons. The molecule has 0 fully saturated rings. The molecule has 1 aromatic heterocycles. The Morgan fingerprint density at radius 2 is 1.72 bits per heavy atom. The van der Waals surface area contributed by atoms with Gasteiger partial charge in [-0.1, -0.05) is 30.3 Å². The van der Waals surface area contributed by atoms with Gasteiger partial charge in [0.2, 0.25) is 0 Å². The smallest absolute Gasteiger partial charge is 0.280 e. The van der Waals surface area contributed by atoms with Gasteiger partial charge in [0.1, 0.15) is 0 Å². The quantitative estimate of drug-likeness (QED) is 0.726. The number of nitrogens with zero attached hydrogens (tertiary/aromatic N) is 2. The zero-order valence-corrected chi connectivity index (χ0v) is 13.9. The van der Waals surface area contributed by atoms with Crippen molar-refractivity contribution < 1.29 is 14.3 Å². The first-order valence-electron chi connectivity index (χ1n) is 7.70. The Hall–Kier alpha value is -3.41. The number of hydrogen-bond acceptors (Lipinski definition) is 4. The number of benzene rings is 2. The van der Waals surface area contributed by atoms with Crippen molar-refractivity contribution in [2.24, 2.45) is 0 Å². The fourth-order valence-corrected chi connectivity index (χ4v) is 2.46. The zero-order valence-electron chi connectivity index (χ0n) is 13.9. The number of anilines is 1. The number of Topliss-reactive ketones (excluding diaryl/α,β-unsaturated/α-hetero) is 1. The maximum atomic E-state index is 12.6. The normalized spacial score (nSPS) is 10.3. The Morgan fingerprint density at radius 3 is 2.40 bits per heavy atom. The second-order valence-electron chi connectivity index (χ2n) is 5.38. The summed E-state index contributed by atoms with van der Waals surface area (Å²) in [5, 5.41) is 7.05. The zero-order chi connectivity index (χ0) is 17.8. The topological polar surface area (TPSA) is 73.2 Å². The van der Waals surface area contributed by atoms with Crippen LogP contribution in [0.25, 0.3) is 5.69 Å². The highest BCUT2D eigenvalue weighted by Crippen LogP contribution is 2.22. The number of aromatic nitrogens is 2. The van der Waals surface area contributed by atoms with Gasteiger partial charge in [0, 0.05) is 5.56 Å². The molecule has 6 heteroatoms. The summed E-state index contributed by atoms with van der Waals surface area (Å²) >= 11 is 0. The van der Waals surface area contributed by atoms with Crippen molar-refractivity contribution in [1.82, 2.24) is 9.78 Å². The lowest BCUT2D eigenvalue weighted by Gasteiger charge is -2.08. The molecule has 2 aromatic carbocycles. The van der Waals surface area contributed by atoms with Gasteiger partial charge in [-0.05, 0) is 31.2 Å². The number of carbonyl (C=O) groups is 2. The summed E-state index contributed by atoms with van der Waals surface area (Å²) in [6, 6.07) is 16.2. The van der Waals surface area contributed by atoms with Crippen molar-refractivity contribution in [3.8, 4) is 11.4 Å². The summed E-state index contributed by atoms with van der Waals surface area (Å²) < 4.78 is 6.85. The monoisotopic (exact) mass is 335 g/mol. The third kappa shape index (κ3) is 3.42. The highest BCUT2D eigenvalue weighted by Gasteiger charge is 2.20. The fourth-order valence-electron chi connectivity index (χ4n) is 2.46. The lowest BCUT2D eigenvalue weighted by atomic mass is 10.1. The van der Waals surface area contributed by atoms with E-state index in [1.807, 2.05) is 30.3 Å². The van der Waals surface area contributed by atoms with Crippen molar-refractivity contribution in [3.63, 3.8) is 0 Å². The molecule has 1 heterocycles. The first-order chi connectivity index (χ1) is 12.1. The summed E-state index contributed by atoms with van der Waals surface area (Å²) in [5.74, 6) is -0.223. The summed E-state index contributed by atoms with van der Waals surface area (Å²) in [7, 11) is 1.48. The van der Waals surface area contributed by atoms with Crippen LogP contribution in [0.1, 0.15) is 27.8 Å². The largest absolute Gasteiger partial charge is 0.493 e. The predicted molar refractivity (Wildman–Crippen MR) is 94.5 cm³/mol. The van der Waals surface area contributed by atoms with Crippen LogP contribution in [-0.2, 0) is 0 Å². The molecule has 0 spiro atoms. The van der Waals surface area contributed by atoms with E-state index in [0.29, 0.717) is 17.0 Å². The molecule has 0 aliphatic rings. The number of rotatable bonds is 5. The van der Waals surface area contributed by atoms with E-state index in [1.54, 1.807) is 35.1 Å². The van der Waals surface area contributed by atoms with Crippen molar-refractivity contribution in [3.05, 3.63) is 72.1 Å². The van der Waals surface area contributed by atoms with Crippen LogP contribution in [0.2, 0.25) is 0 Å². The molecule has 25 heavy (non-hydrogen) atoms. The molecule has 0 saturated heterocycles. The average molecular weight is 335 g/mol. The van der Waals surface area contributed by atoms with Crippen LogP contribution in [0.5, 0.6) is 5.75 Å². The van der Waals surface area contributed by atoms with Gasteiger partial charge in [-0.25, -0.2) is 4.68 Å². The van der Waals surface area contributed by atoms with Crippen LogP contribution in [-0.4, -0.2) is 28.6 Å². The van der Waals surface area contributed by atoms with E-state index in [1.165, 1.54) is 14.0 Å². The lowest BCUT2D eigenvalue weighted by Crippen LogP contribution is -2.16. The molecule has 0 aliphatic carbocycles. The molecular weight excluding hydrogens is 318 g/mol. The molecule has 126 valence electrons.